The fourth-order valence-electron chi connectivity index (χ4n) is 2.71. The van der Waals surface area contributed by atoms with Crippen LogP contribution in [0.5, 0.6) is 0 Å². The minimum Gasteiger partial charge on any atom is -0.541 e. The third-order valence-corrected chi connectivity index (χ3v) is 4.99. The Bertz CT molecular complexity index is 304. The van der Waals surface area contributed by atoms with Crippen LogP contribution in [0.4, 0.5) is 0 Å². The summed E-state index contributed by atoms with van der Waals surface area (Å²) >= 11 is 0. The van der Waals surface area contributed by atoms with Gasteiger partial charge in [-0.25, -0.2) is 0 Å². The fourth-order valence-corrected chi connectivity index (χ4v) is 2.71. The first-order valence-corrected chi connectivity index (χ1v) is 7.71. The molecule has 1 saturated heterocycles. The van der Waals surface area contributed by atoms with E-state index in [0.29, 0.717) is 17.0 Å². The van der Waals surface area contributed by atoms with E-state index in [1.807, 2.05) is 34.0 Å². The molecule has 3 heteroatoms. The van der Waals surface area contributed by atoms with Crippen LogP contribution in [0.3, 0.4) is 0 Å². The van der Waals surface area contributed by atoms with Gasteiger partial charge in [0.05, 0.1) is 0 Å². The Hall–Kier alpha value is 0.734. The molecule has 2 nitrogen and oxygen atoms in total. The molecule has 1 aliphatic heterocycles. The molecule has 0 N–H and O–H groups in total. The Morgan fingerprint density at radius 3 is 1.52 bits per heavy atom. The van der Waals surface area contributed by atoms with Crippen LogP contribution >= 0.6 is 0 Å². The monoisotopic (exact) mass is 402 g/mol. The molecular weight excluding hydrogens is 359 g/mol. The largest absolute Gasteiger partial charge is 0.541 e. The van der Waals surface area contributed by atoms with Gasteiger partial charge in [0.25, 0.3) is 0 Å². The summed E-state index contributed by atoms with van der Waals surface area (Å²) in [5.74, 6) is 2.03. The average Bonchev–Trinajstić information content (AvgIpc) is 2.25. The molecule has 1 aliphatic rings. The van der Waals surface area contributed by atoms with Gasteiger partial charge in [-0.3, -0.25) is 6.29 Å². The first-order valence-electron chi connectivity index (χ1n) is 7.71. The number of hydrogen-bond donors (Lipinski definition) is 0. The summed E-state index contributed by atoms with van der Waals surface area (Å²) in [5.41, 5.74) is 0.414. The molecule has 0 atom stereocenters. The minimum atomic E-state index is -0.264. The van der Waals surface area contributed by atoms with Crippen molar-refractivity contribution in [1.29, 1.82) is 0 Å². The van der Waals surface area contributed by atoms with Crippen LogP contribution in [-0.2, 0) is 37.5 Å². The molecule has 1 fully saturated rings. The Labute approximate surface area is 173 Å². The Balaban J connectivity index is -0.000000148. The first kappa shape index (κ1) is 31.5. The van der Waals surface area contributed by atoms with Gasteiger partial charge in [-0.05, 0) is 45.8 Å². The van der Waals surface area contributed by atoms with Crippen molar-refractivity contribution < 1.29 is 37.5 Å². The molecule has 0 bridgehead atoms. The molecule has 0 aromatic heterocycles. The maximum absolute atomic E-state index is 10.1. The van der Waals surface area contributed by atoms with Gasteiger partial charge >= 0.3 is 0 Å². The van der Waals surface area contributed by atoms with E-state index in [2.05, 4.69) is 46.6 Å². The minimum absolute atomic E-state index is 0. The van der Waals surface area contributed by atoms with Gasteiger partial charge in [0.1, 0.15) is 0 Å². The van der Waals surface area contributed by atoms with E-state index < -0.39 is 0 Å². The van der Waals surface area contributed by atoms with E-state index in [4.69, 9.17) is 0 Å². The van der Waals surface area contributed by atoms with E-state index >= 15 is 0 Å². The van der Waals surface area contributed by atoms with Crippen molar-refractivity contribution in [3.05, 3.63) is 5.92 Å². The number of likely N-dealkylation sites (tertiary alicyclic amines) is 1. The summed E-state index contributed by atoms with van der Waals surface area (Å²) < 4.78 is 0. The first-order chi connectivity index (χ1) is 8.76. The topological polar surface area (TPSA) is 20.3 Å². The summed E-state index contributed by atoms with van der Waals surface area (Å²) in [5, 5.41) is 0. The molecule has 0 aliphatic carbocycles. The predicted molar refractivity (Wildman–Crippen MR) is 102 cm³/mol. The molecule has 1 rings (SSSR count). The van der Waals surface area contributed by atoms with E-state index in [1.54, 1.807) is 5.92 Å². The zero-order valence-electron chi connectivity index (χ0n) is 15.9. The molecule has 23 heavy (non-hydrogen) atoms. The molecule has 0 saturated carbocycles. The normalized spacial score (nSPS) is 20.1. The quantitative estimate of drug-likeness (QED) is 0.535. The molecule has 0 aromatic rings. The Morgan fingerprint density at radius 1 is 1.04 bits per heavy atom. The van der Waals surface area contributed by atoms with Crippen molar-refractivity contribution in [2.24, 2.45) is 11.3 Å². The van der Waals surface area contributed by atoms with E-state index in [-0.39, 0.29) is 53.0 Å². The van der Waals surface area contributed by atoms with Gasteiger partial charge in [0, 0.05) is 32.7 Å². The molecule has 0 aromatic carbocycles. The predicted octanol–water partition coefficient (Wildman–Crippen LogP) is 5.91. The number of carbonyl (C=O) groups excluding carboxylic acids is 1. The van der Waals surface area contributed by atoms with Crippen molar-refractivity contribution >= 4 is 6.29 Å². The van der Waals surface area contributed by atoms with Gasteiger partial charge in [0.15, 0.2) is 0 Å². The van der Waals surface area contributed by atoms with Crippen LogP contribution in [0.25, 0.3) is 0 Å². The zero-order valence-corrected chi connectivity index (χ0v) is 18.8. The third kappa shape index (κ3) is 9.70. The second kappa shape index (κ2) is 11.4. The number of hydrogen-bond acceptors (Lipinski definition) is 2. The van der Waals surface area contributed by atoms with E-state index in [0.717, 1.165) is 0 Å². The van der Waals surface area contributed by atoms with Crippen LogP contribution < -0.4 is 0 Å². The molecule has 0 spiro atoms. The summed E-state index contributed by atoms with van der Waals surface area (Å²) in [6.45, 7) is 19.4. The molecular formula is C20H43NOY-2. The maximum atomic E-state index is 10.1. The molecule has 0 unspecified atom stereocenters. The molecule has 1 heterocycles. The van der Waals surface area contributed by atoms with Crippen molar-refractivity contribution in [1.82, 2.24) is 4.90 Å². The van der Waals surface area contributed by atoms with Crippen LogP contribution in [0, 0.1) is 17.3 Å². The molecule has 1 radical (unpaired) electrons. The van der Waals surface area contributed by atoms with Crippen LogP contribution in [0.2, 0.25) is 0 Å². The average molecular weight is 402 g/mol. The fraction of sp³-hybridized carbons (Fsp3) is 0.900. The summed E-state index contributed by atoms with van der Waals surface area (Å²) in [6.07, 6.45) is 4.48. The summed E-state index contributed by atoms with van der Waals surface area (Å²) in [6, 6.07) is 0. The summed E-state index contributed by atoms with van der Waals surface area (Å²) in [4.78, 5) is 12.6. The van der Waals surface area contributed by atoms with E-state index in [1.165, 1.54) is 12.8 Å². The van der Waals surface area contributed by atoms with E-state index in [9.17, 15) is 4.79 Å². The smallest absolute Gasteiger partial charge is 0 e. The van der Waals surface area contributed by atoms with Gasteiger partial charge in [-0.15, -0.1) is 5.41 Å². The molecule has 139 valence electrons. The summed E-state index contributed by atoms with van der Waals surface area (Å²) in [7, 11) is 2.24. The van der Waals surface area contributed by atoms with Gasteiger partial charge < -0.3 is 15.6 Å². The van der Waals surface area contributed by atoms with Gasteiger partial charge in [-0.1, -0.05) is 48.5 Å². The SMILES string of the molecule is C.C.CC(C)C(C)(C)[C-]=O.C[C-]1CC(C)(C)N(C)C(C)(C)C1.[Y]. The number of rotatable bonds is 2. The second-order valence-corrected chi connectivity index (χ2v) is 8.47. The number of nitrogens with zero attached hydrogens (tertiary/aromatic N) is 1. The van der Waals surface area contributed by atoms with Gasteiger partial charge in [-0.2, -0.15) is 19.8 Å². The van der Waals surface area contributed by atoms with Crippen LogP contribution in [-0.4, -0.2) is 29.3 Å². The van der Waals surface area contributed by atoms with Crippen LogP contribution in [0.15, 0.2) is 0 Å². The zero-order chi connectivity index (χ0) is 16.4. The van der Waals surface area contributed by atoms with Crippen molar-refractivity contribution in [3.8, 4) is 0 Å². The van der Waals surface area contributed by atoms with Gasteiger partial charge in [0.2, 0.25) is 0 Å². The van der Waals surface area contributed by atoms with Crippen LogP contribution in [0.1, 0.15) is 90.0 Å². The Morgan fingerprint density at radius 2 is 1.35 bits per heavy atom. The molecule has 0 amide bonds. The number of piperidine rings is 1. The van der Waals surface area contributed by atoms with Crippen molar-refractivity contribution in [2.75, 3.05) is 7.05 Å². The third-order valence-electron chi connectivity index (χ3n) is 4.99. The maximum Gasteiger partial charge on any atom is 0 e. The Kier molecular flexibility index (Phi) is 15.6. The second-order valence-electron chi connectivity index (χ2n) is 8.47. The standard InChI is InChI=1S/C11H22N.C7H13O.2CH4.Y/c1-9-7-10(2,3)12(6)11(4,5)8-9;1-6(2)7(3,4)5-8;;;/h7-8H2,1-6H3;6H,1-4H3;2*1H4;/q2*-1;;;. The van der Waals surface area contributed by atoms with Crippen molar-refractivity contribution in [3.63, 3.8) is 0 Å². The van der Waals surface area contributed by atoms with Crippen molar-refractivity contribution in [2.45, 2.75) is 101 Å².